The van der Waals surface area contributed by atoms with E-state index in [2.05, 4.69) is 39.6 Å². The number of nitrogens with zero attached hydrogens (tertiary/aromatic N) is 2. The third-order valence-corrected chi connectivity index (χ3v) is 4.98. The maximum absolute atomic E-state index is 12.7. The molecule has 2 N–H and O–H groups in total. The number of unbranched alkanes of at least 4 members (excludes halogenated alkanes) is 1. The average molecular weight is 366 g/mol. The molecule has 26 heavy (non-hydrogen) atoms. The first kappa shape index (κ1) is 18.2. The zero-order valence-electron chi connectivity index (χ0n) is 14.7. The highest BCUT2D eigenvalue weighted by Crippen LogP contribution is 2.22. The summed E-state index contributed by atoms with van der Waals surface area (Å²) in [5.41, 5.74) is 3.75. The van der Waals surface area contributed by atoms with E-state index in [1.807, 2.05) is 36.4 Å². The molecule has 2 aromatic carbocycles. The molecule has 5 nitrogen and oxygen atoms in total. The lowest BCUT2D eigenvalue weighted by Crippen LogP contribution is -2.14. The molecule has 3 rings (SSSR count). The number of benzene rings is 2. The smallest absolute Gasteiger partial charge is 0.255 e. The molecule has 6 heteroatoms. The van der Waals surface area contributed by atoms with Gasteiger partial charge in [0.15, 0.2) is 5.16 Å². The molecule has 0 aliphatic carbocycles. The molecule has 0 aliphatic rings. The van der Waals surface area contributed by atoms with Crippen molar-refractivity contribution in [1.29, 1.82) is 0 Å². The largest absolute Gasteiger partial charge is 0.322 e. The van der Waals surface area contributed by atoms with E-state index in [0.29, 0.717) is 11.3 Å². The summed E-state index contributed by atoms with van der Waals surface area (Å²) in [4.78, 5) is 16.8. The third kappa shape index (κ3) is 4.95. The summed E-state index contributed by atoms with van der Waals surface area (Å²) in [6.07, 6.45) is 4.92. The van der Waals surface area contributed by atoms with Crippen molar-refractivity contribution in [1.82, 2.24) is 15.2 Å². The van der Waals surface area contributed by atoms with Crippen molar-refractivity contribution in [3.8, 4) is 0 Å². The van der Waals surface area contributed by atoms with Gasteiger partial charge < -0.3 is 5.32 Å². The molecule has 134 valence electrons. The number of aryl methyl sites for hydroxylation is 1. The number of aromatic amines is 1. The molecule has 0 unspecified atom stereocenters. The van der Waals surface area contributed by atoms with Gasteiger partial charge in [-0.1, -0.05) is 55.4 Å². The second kappa shape index (κ2) is 9.20. The standard InChI is InChI=1S/C20H22N4OS/c1-2-3-6-15-9-11-17(12-10-15)23-19(25)18-8-5-4-7-16(18)13-26-20-21-14-22-24-20/h4-5,7-12,14H,2-3,6,13H2,1H3,(H,23,25)(H,21,22,24). The Morgan fingerprint density at radius 2 is 1.96 bits per heavy atom. The summed E-state index contributed by atoms with van der Waals surface area (Å²) >= 11 is 1.52. The average Bonchev–Trinajstić information content (AvgIpc) is 3.19. The fraction of sp³-hybridized carbons (Fsp3) is 0.250. The molecule has 1 heterocycles. The maximum atomic E-state index is 12.7. The van der Waals surface area contributed by atoms with E-state index in [0.717, 1.165) is 22.8 Å². The Kier molecular flexibility index (Phi) is 6.44. The van der Waals surface area contributed by atoms with E-state index in [1.54, 1.807) is 0 Å². The fourth-order valence-electron chi connectivity index (χ4n) is 2.61. The van der Waals surface area contributed by atoms with Gasteiger partial charge in [-0.05, 0) is 42.2 Å². The summed E-state index contributed by atoms with van der Waals surface area (Å²) in [6.45, 7) is 2.19. The Morgan fingerprint density at radius 3 is 2.69 bits per heavy atom. The Labute approximate surface area is 157 Å². The molecular formula is C20H22N4OS. The van der Waals surface area contributed by atoms with Gasteiger partial charge in [-0.3, -0.25) is 9.89 Å². The van der Waals surface area contributed by atoms with Gasteiger partial charge >= 0.3 is 0 Å². The number of H-pyrrole nitrogens is 1. The van der Waals surface area contributed by atoms with E-state index in [-0.39, 0.29) is 5.91 Å². The number of rotatable bonds is 8. The third-order valence-electron chi connectivity index (χ3n) is 4.05. The van der Waals surface area contributed by atoms with Crippen LogP contribution >= 0.6 is 11.8 Å². The number of carbonyl (C=O) groups is 1. The highest BCUT2D eigenvalue weighted by Gasteiger charge is 2.12. The lowest BCUT2D eigenvalue weighted by molar-refractivity contribution is 0.102. The number of anilines is 1. The summed E-state index contributed by atoms with van der Waals surface area (Å²) in [5, 5.41) is 10.4. The van der Waals surface area contributed by atoms with Crippen LogP contribution in [-0.2, 0) is 12.2 Å². The van der Waals surface area contributed by atoms with Crippen molar-refractivity contribution in [3.63, 3.8) is 0 Å². The summed E-state index contributed by atoms with van der Waals surface area (Å²) in [6, 6.07) is 15.7. The fourth-order valence-corrected chi connectivity index (χ4v) is 3.39. The molecule has 0 atom stereocenters. The van der Waals surface area contributed by atoms with Crippen LogP contribution in [-0.4, -0.2) is 21.1 Å². The second-order valence-electron chi connectivity index (χ2n) is 5.99. The number of amides is 1. The Morgan fingerprint density at radius 1 is 1.15 bits per heavy atom. The van der Waals surface area contributed by atoms with Gasteiger partial charge in [-0.2, -0.15) is 5.10 Å². The second-order valence-corrected chi connectivity index (χ2v) is 6.96. The van der Waals surface area contributed by atoms with Gasteiger partial charge in [0.25, 0.3) is 5.91 Å². The first-order valence-electron chi connectivity index (χ1n) is 8.72. The summed E-state index contributed by atoms with van der Waals surface area (Å²) in [5.74, 6) is 0.550. The van der Waals surface area contributed by atoms with Crippen LogP contribution in [0.2, 0.25) is 0 Å². The van der Waals surface area contributed by atoms with Crippen molar-refractivity contribution in [3.05, 3.63) is 71.5 Å². The predicted molar refractivity (Wildman–Crippen MR) is 105 cm³/mol. The minimum absolute atomic E-state index is 0.0971. The van der Waals surface area contributed by atoms with Crippen LogP contribution in [0, 0.1) is 0 Å². The van der Waals surface area contributed by atoms with Crippen molar-refractivity contribution < 1.29 is 4.79 Å². The number of carbonyl (C=O) groups excluding carboxylic acids is 1. The molecule has 0 spiro atoms. The summed E-state index contributed by atoms with van der Waals surface area (Å²) in [7, 11) is 0. The maximum Gasteiger partial charge on any atom is 0.255 e. The molecule has 1 aromatic heterocycles. The minimum Gasteiger partial charge on any atom is -0.322 e. The quantitative estimate of drug-likeness (QED) is 0.567. The number of hydrogen-bond donors (Lipinski definition) is 2. The number of nitrogens with one attached hydrogen (secondary N) is 2. The van der Waals surface area contributed by atoms with Gasteiger partial charge in [0.2, 0.25) is 0 Å². The van der Waals surface area contributed by atoms with Crippen LogP contribution in [0.1, 0.15) is 41.3 Å². The lowest BCUT2D eigenvalue weighted by atomic mass is 10.1. The van der Waals surface area contributed by atoms with Crippen LogP contribution in [0.4, 0.5) is 5.69 Å². The minimum atomic E-state index is -0.0971. The van der Waals surface area contributed by atoms with Crippen LogP contribution < -0.4 is 5.32 Å². The lowest BCUT2D eigenvalue weighted by Gasteiger charge is -2.10. The molecule has 0 bridgehead atoms. The van der Waals surface area contributed by atoms with Crippen LogP contribution in [0.3, 0.4) is 0 Å². The molecular weight excluding hydrogens is 344 g/mol. The molecule has 1 amide bonds. The molecule has 0 fully saturated rings. The van der Waals surface area contributed by atoms with Gasteiger partial charge in [0.05, 0.1) is 0 Å². The Bertz CT molecular complexity index is 831. The molecule has 0 saturated carbocycles. The van der Waals surface area contributed by atoms with E-state index < -0.39 is 0 Å². The van der Waals surface area contributed by atoms with E-state index >= 15 is 0 Å². The Balaban J connectivity index is 1.65. The predicted octanol–water partition coefficient (Wildman–Crippen LogP) is 4.69. The van der Waals surface area contributed by atoms with Gasteiger partial charge in [-0.25, -0.2) is 4.98 Å². The van der Waals surface area contributed by atoms with Crippen LogP contribution in [0.5, 0.6) is 0 Å². The zero-order chi connectivity index (χ0) is 18.2. The number of aromatic nitrogens is 3. The van der Waals surface area contributed by atoms with Crippen molar-refractivity contribution in [2.75, 3.05) is 5.32 Å². The summed E-state index contributed by atoms with van der Waals surface area (Å²) < 4.78 is 0. The SMILES string of the molecule is CCCCc1ccc(NC(=O)c2ccccc2CSc2ncn[nH]2)cc1. The van der Waals surface area contributed by atoms with E-state index in [1.165, 1.54) is 36.5 Å². The molecule has 0 aliphatic heterocycles. The number of hydrogen-bond acceptors (Lipinski definition) is 4. The zero-order valence-corrected chi connectivity index (χ0v) is 15.6. The molecule has 0 radical (unpaired) electrons. The van der Waals surface area contributed by atoms with Crippen molar-refractivity contribution >= 4 is 23.4 Å². The first-order chi connectivity index (χ1) is 12.8. The number of thioether (sulfide) groups is 1. The topological polar surface area (TPSA) is 70.7 Å². The highest BCUT2D eigenvalue weighted by atomic mass is 32.2. The first-order valence-corrected chi connectivity index (χ1v) is 9.71. The molecule has 0 saturated heterocycles. The molecule has 3 aromatic rings. The van der Waals surface area contributed by atoms with Gasteiger partial charge in [0, 0.05) is 17.0 Å². The highest BCUT2D eigenvalue weighted by molar-refractivity contribution is 7.98. The van der Waals surface area contributed by atoms with Crippen molar-refractivity contribution in [2.45, 2.75) is 37.1 Å². The van der Waals surface area contributed by atoms with Gasteiger partial charge in [0.1, 0.15) is 6.33 Å². The van der Waals surface area contributed by atoms with Crippen LogP contribution in [0.15, 0.2) is 60.0 Å². The van der Waals surface area contributed by atoms with Crippen LogP contribution in [0.25, 0.3) is 0 Å². The van der Waals surface area contributed by atoms with Gasteiger partial charge in [-0.15, -0.1) is 0 Å². The monoisotopic (exact) mass is 366 g/mol. The Hall–Kier alpha value is -2.60. The van der Waals surface area contributed by atoms with E-state index in [9.17, 15) is 4.79 Å². The normalized spacial score (nSPS) is 10.7. The van der Waals surface area contributed by atoms with E-state index in [4.69, 9.17) is 0 Å². The van der Waals surface area contributed by atoms with Crippen molar-refractivity contribution in [2.24, 2.45) is 0 Å².